The van der Waals surface area contributed by atoms with Gasteiger partial charge in [-0.25, -0.2) is 0 Å². The molecule has 0 aliphatic carbocycles. The number of methoxy groups -OCH3 is 1. The Hall–Kier alpha value is -1.02. The van der Waals surface area contributed by atoms with Crippen molar-refractivity contribution in [3.05, 3.63) is 28.8 Å². The van der Waals surface area contributed by atoms with Gasteiger partial charge in [-0.2, -0.15) is 0 Å². The van der Waals surface area contributed by atoms with Gasteiger partial charge in [-0.1, -0.05) is 19.9 Å². The zero-order chi connectivity index (χ0) is 12.5. The summed E-state index contributed by atoms with van der Waals surface area (Å²) in [5.41, 5.74) is 9.65. The monoisotopic (exact) mass is 221 g/mol. The van der Waals surface area contributed by atoms with Crippen LogP contribution >= 0.6 is 0 Å². The first-order valence-corrected chi connectivity index (χ1v) is 5.75. The fourth-order valence-electron chi connectivity index (χ4n) is 1.90. The normalized spacial score (nSPS) is 15.0. The minimum absolute atomic E-state index is 0.291. The van der Waals surface area contributed by atoms with Crippen LogP contribution in [0.25, 0.3) is 0 Å². The molecule has 1 atom stereocenters. The minimum Gasteiger partial charge on any atom is -0.496 e. The molecule has 0 aromatic heterocycles. The number of rotatable bonds is 3. The van der Waals surface area contributed by atoms with Crippen LogP contribution in [-0.4, -0.2) is 7.11 Å². The lowest BCUT2D eigenvalue weighted by molar-refractivity contribution is 0.347. The lowest BCUT2D eigenvalue weighted by Gasteiger charge is -2.32. The Morgan fingerprint density at radius 1 is 1.19 bits per heavy atom. The summed E-state index contributed by atoms with van der Waals surface area (Å²) in [5, 5.41) is 0. The van der Waals surface area contributed by atoms with Crippen molar-refractivity contribution in [3.8, 4) is 5.75 Å². The van der Waals surface area contributed by atoms with Crippen LogP contribution in [0, 0.1) is 19.8 Å². The van der Waals surface area contributed by atoms with Gasteiger partial charge in [0.25, 0.3) is 0 Å². The molecule has 90 valence electrons. The number of benzene rings is 1. The van der Waals surface area contributed by atoms with Crippen molar-refractivity contribution in [2.24, 2.45) is 11.7 Å². The standard InChI is InChI=1S/C14H23NO/c1-9(2)14(5,15)12-7-11(4)13(16-6)8-10(12)3/h7-9H,15H2,1-6H3. The van der Waals surface area contributed by atoms with Gasteiger partial charge in [0, 0.05) is 5.54 Å². The molecule has 2 N–H and O–H groups in total. The van der Waals surface area contributed by atoms with Gasteiger partial charge in [0.05, 0.1) is 7.11 Å². The SMILES string of the molecule is COc1cc(C)c(C(C)(N)C(C)C)cc1C. The number of nitrogens with two attached hydrogens (primary N) is 1. The number of ether oxygens (including phenoxy) is 1. The van der Waals surface area contributed by atoms with Gasteiger partial charge >= 0.3 is 0 Å². The molecule has 1 rings (SSSR count). The van der Waals surface area contributed by atoms with Gasteiger partial charge in [0.1, 0.15) is 5.75 Å². The molecular weight excluding hydrogens is 198 g/mol. The first kappa shape index (κ1) is 13.0. The highest BCUT2D eigenvalue weighted by atomic mass is 16.5. The highest BCUT2D eigenvalue weighted by Gasteiger charge is 2.27. The van der Waals surface area contributed by atoms with Crippen LogP contribution in [0.15, 0.2) is 12.1 Å². The number of hydrogen-bond acceptors (Lipinski definition) is 2. The Morgan fingerprint density at radius 3 is 2.19 bits per heavy atom. The second kappa shape index (κ2) is 4.46. The first-order valence-electron chi connectivity index (χ1n) is 5.75. The fourth-order valence-corrected chi connectivity index (χ4v) is 1.90. The highest BCUT2D eigenvalue weighted by molar-refractivity contribution is 5.44. The van der Waals surface area contributed by atoms with Gasteiger partial charge in [0.15, 0.2) is 0 Å². The average molecular weight is 221 g/mol. The molecule has 0 fully saturated rings. The quantitative estimate of drug-likeness (QED) is 0.851. The van der Waals surface area contributed by atoms with Crippen LogP contribution in [0.4, 0.5) is 0 Å². The third-order valence-corrected chi connectivity index (χ3v) is 3.52. The van der Waals surface area contributed by atoms with Crippen LogP contribution in [0.5, 0.6) is 5.75 Å². The average Bonchev–Trinajstić information content (AvgIpc) is 2.20. The molecule has 0 bridgehead atoms. The van der Waals surface area contributed by atoms with Crippen LogP contribution in [0.2, 0.25) is 0 Å². The molecular formula is C14H23NO. The molecule has 0 aliphatic heterocycles. The van der Waals surface area contributed by atoms with E-state index < -0.39 is 0 Å². The maximum atomic E-state index is 6.40. The van der Waals surface area contributed by atoms with E-state index in [9.17, 15) is 0 Å². The van der Waals surface area contributed by atoms with E-state index in [2.05, 4.69) is 46.8 Å². The van der Waals surface area contributed by atoms with E-state index in [1.54, 1.807) is 7.11 Å². The third-order valence-electron chi connectivity index (χ3n) is 3.52. The summed E-state index contributed by atoms with van der Waals surface area (Å²) in [4.78, 5) is 0. The van der Waals surface area contributed by atoms with Crippen LogP contribution < -0.4 is 10.5 Å². The van der Waals surface area contributed by atoms with E-state index in [0.717, 1.165) is 11.3 Å². The van der Waals surface area contributed by atoms with E-state index in [-0.39, 0.29) is 5.54 Å². The zero-order valence-electron chi connectivity index (χ0n) is 11.2. The summed E-state index contributed by atoms with van der Waals surface area (Å²) in [6.07, 6.45) is 0. The van der Waals surface area contributed by atoms with Gasteiger partial charge in [-0.05, 0) is 49.4 Å². The summed E-state index contributed by atoms with van der Waals surface area (Å²) >= 11 is 0. The summed E-state index contributed by atoms with van der Waals surface area (Å²) in [6, 6.07) is 4.21. The first-order chi connectivity index (χ1) is 7.30. The summed E-state index contributed by atoms with van der Waals surface area (Å²) in [7, 11) is 1.70. The molecule has 0 saturated carbocycles. The molecule has 1 aromatic rings. The van der Waals surface area contributed by atoms with Crippen molar-refractivity contribution in [1.29, 1.82) is 0 Å². The van der Waals surface area contributed by atoms with E-state index in [0.29, 0.717) is 5.92 Å². The predicted molar refractivity (Wildman–Crippen MR) is 68.8 cm³/mol. The number of aryl methyl sites for hydroxylation is 2. The molecule has 16 heavy (non-hydrogen) atoms. The van der Waals surface area contributed by atoms with Crippen LogP contribution in [0.1, 0.15) is 37.5 Å². The van der Waals surface area contributed by atoms with Crippen LogP contribution in [-0.2, 0) is 5.54 Å². The zero-order valence-corrected chi connectivity index (χ0v) is 11.2. The summed E-state index contributed by atoms with van der Waals surface area (Å²) < 4.78 is 5.31. The van der Waals surface area contributed by atoms with Gasteiger partial charge in [-0.15, -0.1) is 0 Å². The second-order valence-corrected chi connectivity index (χ2v) is 5.07. The predicted octanol–water partition coefficient (Wildman–Crippen LogP) is 3.14. The third kappa shape index (κ3) is 2.22. The fraction of sp³-hybridized carbons (Fsp3) is 0.571. The van der Waals surface area contributed by atoms with E-state index >= 15 is 0 Å². The van der Waals surface area contributed by atoms with Gasteiger partial charge in [-0.3, -0.25) is 0 Å². The summed E-state index contributed by atoms with van der Waals surface area (Å²) in [6.45, 7) is 10.5. The topological polar surface area (TPSA) is 35.2 Å². The minimum atomic E-state index is -0.291. The number of hydrogen-bond donors (Lipinski definition) is 1. The Bertz CT molecular complexity index is 381. The Kier molecular flexibility index (Phi) is 3.64. The van der Waals surface area contributed by atoms with Crippen molar-refractivity contribution in [2.75, 3.05) is 7.11 Å². The maximum absolute atomic E-state index is 6.40. The van der Waals surface area contributed by atoms with Crippen molar-refractivity contribution < 1.29 is 4.74 Å². The van der Waals surface area contributed by atoms with Crippen LogP contribution in [0.3, 0.4) is 0 Å². The Balaban J connectivity index is 3.31. The van der Waals surface area contributed by atoms with Crippen molar-refractivity contribution in [3.63, 3.8) is 0 Å². The molecule has 1 aromatic carbocycles. The van der Waals surface area contributed by atoms with Crippen molar-refractivity contribution in [1.82, 2.24) is 0 Å². The molecule has 0 aliphatic rings. The molecule has 2 nitrogen and oxygen atoms in total. The molecule has 0 heterocycles. The molecule has 0 amide bonds. The van der Waals surface area contributed by atoms with E-state index in [1.807, 2.05) is 0 Å². The van der Waals surface area contributed by atoms with Gasteiger partial charge in [0.2, 0.25) is 0 Å². The Morgan fingerprint density at radius 2 is 1.75 bits per heavy atom. The molecule has 1 unspecified atom stereocenters. The van der Waals surface area contributed by atoms with Gasteiger partial charge < -0.3 is 10.5 Å². The van der Waals surface area contributed by atoms with Crippen molar-refractivity contribution in [2.45, 2.75) is 40.2 Å². The van der Waals surface area contributed by atoms with Crippen molar-refractivity contribution >= 4 is 0 Å². The smallest absolute Gasteiger partial charge is 0.122 e. The molecule has 2 heteroatoms. The molecule has 0 saturated heterocycles. The summed E-state index contributed by atoms with van der Waals surface area (Å²) in [5.74, 6) is 1.33. The largest absolute Gasteiger partial charge is 0.496 e. The molecule has 0 spiro atoms. The molecule has 0 radical (unpaired) electrons. The van der Waals surface area contributed by atoms with E-state index in [1.165, 1.54) is 11.1 Å². The lowest BCUT2D eigenvalue weighted by Crippen LogP contribution is -2.39. The van der Waals surface area contributed by atoms with E-state index in [4.69, 9.17) is 10.5 Å². The highest BCUT2D eigenvalue weighted by Crippen LogP contribution is 2.32. The second-order valence-electron chi connectivity index (χ2n) is 5.07. The lowest BCUT2D eigenvalue weighted by atomic mass is 9.80. The maximum Gasteiger partial charge on any atom is 0.122 e. The Labute approximate surface area is 98.8 Å².